The second-order valence-electron chi connectivity index (χ2n) is 18.0. The van der Waals surface area contributed by atoms with E-state index in [1.54, 1.807) is 0 Å². The lowest BCUT2D eigenvalue weighted by atomic mass is 9.90. The fourth-order valence-corrected chi connectivity index (χ4v) is 10.8. The summed E-state index contributed by atoms with van der Waals surface area (Å²) in [7, 11) is 2.61. The summed E-state index contributed by atoms with van der Waals surface area (Å²) in [6, 6.07) is 16.6. The zero-order valence-electron chi connectivity index (χ0n) is 36.0. The van der Waals surface area contributed by atoms with Gasteiger partial charge in [-0.25, -0.2) is 19.6 Å². The molecule has 2 aromatic carbocycles. The molecule has 0 bridgehead atoms. The van der Waals surface area contributed by atoms with Crippen molar-refractivity contribution in [1.29, 1.82) is 5.26 Å². The third-order valence-electron chi connectivity index (χ3n) is 14.4. The van der Waals surface area contributed by atoms with Crippen molar-refractivity contribution in [3.63, 3.8) is 0 Å². The van der Waals surface area contributed by atoms with Crippen molar-refractivity contribution in [1.82, 2.24) is 40.4 Å². The number of nitriles is 1. The third kappa shape index (κ3) is 7.98. The van der Waals surface area contributed by atoms with Crippen molar-refractivity contribution in [3.8, 4) is 39.7 Å². The molecule has 6 fully saturated rings. The molecular weight excluding hydrogens is 819 g/mol. The highest BCUT2D eigenvalue weighted by Gasteiger charge is 2.58. The summed E-state index contributed by atoms with van der Waals surface area (Å²) in [5.74, 6) is 1.71. The topological polar surface area (TPSA) is 217 Å². The monoisotopic (exact) mass is 871 g/mol. The average molecular weight is 872 g/mol. The Labute approximate surface area is 370 Å². The predicted octanol–water partition coefficient (Wildman–Crippen LogP) is 5.63. The number of rotatable bonds is 11. The van der Waals surface area contributed by atoms with Crippen molar-refractivity contribution in [3.05, 3.63) is 72.1 Å². The van der Waals surface area contributed by atoms with E-state index in [4.69, 9.17) is 28.9 Å². The van der Waals surface area contributed by atoms with Crippen molar-refractivity contribution in [2.45, 2.75) is 87.6 Å². The largest absolute Gasteiger partial charge is 0.453 e. The Hall–Kier alpha value is -6.25. The number of ether oxygens (including phenoxy) is 4. The molecule has 6 heterocycles. The first kappa shape index (κ1) is 41.7. The van der Waals surface area contributed by atoms with Gasteiger partial charge in [0.1, 0.15) is 29.8 Å². The number of alkyl carbamates (subject to hydrolysis) is 2. The first-order chi connectivity index (χ1) is 31.2. The zero-order valence-corrected chi connectivity index (χ0v) is 36.0. The van der Waals surface area contributed by atoms with Crippen LogP contribution >= 0.6 is 0 Å². The lowest BCUT2D eigenvalue weighted by molar-refractivity contribution is -0.138. The first-order valence-electron chi connectivity index (χ1n) is 22.5. The molecule has 4 aliphatic heterocycles. The van der Waals surface area contributed by atoms with E-state index in [1.807, 2.05) is 52.4 Å². The minimum absolute atomic E-state index is 0.0353. The number of piperidine rings is 2. The molecule has 4 aromatic rings. The molecule has 8 atom stereocenters. The maximum atomic E-state index is 14.3. The van der Waals surface area contributed by atoms with Gasteiger partial charge in [0.15, 0.2) is 5.69 Å². The van der Waals surface area contributed by atoms with Gasteiger partial charge in [-0.1, -0.05) is 48.5 Å². The second kappa shape index (κ2) is 17.4. The van der Waals surface area contributed by atoms with Crippen LogP contribution in [-0.2, 0) is 28.5 Å². The van der Waals surface area contributed by atoms with Crippen LogP contribution in [0.4, 0.5) is 9.59 Å². The Morgan fingerprint density at radius 2 is 1.16 bits per heavy atom. The lowest BCUT2D eigenvalue weighted by Crippen LogP contribution is -2.54. The van der Waals surface area contributed by atoms with Gasteiger partial charge < -0.3 is 49.3 Å². The Morgan fingerprint density at radius 1 is 0.688 bits per heavy atom. The number of carbonyl (C=O) groups is 4. The summed E-state index contributed by atoms with van der Waals surface area (Å²) in [6.07, 6.45) is 6.67. The Morgan fingerprint density at radius 3 is 1.64 bits per heavy atom. The number of aromatic nitrogens is 4. The molecule has 6 aliphatic rings. The van der Waals surface area contributed by atoms with Gasteiger partial charge in [-0.3, -0.25) is 9.59 Å². The number of imidazole rings is 2. The van der Waals surface area contributed by atoms with Crippen LogP contribution in [0, 0.1) is 35.0 Å². The molecule has 17 nitrogen and oxygen atoms in total. The van der Waals surface area contributed by atoms with E-state index < -0.39 is 24.3 Å². The molecule has 1 unspecified atom stereocenters. The summed E-state index contributed by atoms with van der Waals surface area (Å²) < 4.78 is 20.9. The van der Waals surface area contributed by atoms with Gasteiger partial charge in [-0.05, 0) is 91.7 Å². The van der Waals surface area contributed by atoms with Crippen LogP contribution in [0.2, 0.25) is 0 Å². The first-order valence-corrected chi connectivity index (χ1v) is 22.5. The molecule has 64 heavy (non-hydrogen) atoms. The normalized spacial score (nSPS) is 26.0. The average Bonchev–Trinajstić information content (AvgIpc) is 3.96. The summed E-state index contributed by atoms with van der Waals surface area (Å²) in [4.78, 5) is 73.6. The maximum Gasteiger partial charge on any atom is 0.407 e. The van der Waals surface area contributed by atoms with Crippen molar-refractivity contribution in [2.24, 2.45) is 23.7 Å². The minimum atomic E-state index is -0.744. The molecule has 334 valence electrons. The number of hydrogen-bond acceptors (Lipinski definition) is 11. The highest BCUT2D eigenvalue weighted by Crippen LogP contribution is 2.55. The number of nitrogens with one attached hydrogen (secondary N) is 4. The molecule has 4 N–H and O–H groups in total. The summed E-state index contributed by atoms with van der Waals surface area (Å²) in [5.41, 5.74) is 5.44. The smallest absolute Gasteiger partial charge is 0.407 e. The highest BCUT2D eigenvalue weighted by atomic mass is 16.5. The fourth-order valence-electron chi connectivity index (χ4n) is 10.8. The summed E-state index contributed by atoms with van der Waals surface area (Å²) in [6.45, 7) is 2.17. The second-order valence-corrected chi connectivity index (χ2v) is 18.0. The van der Waals surface area contributed by atoms with Crippen molar-refractivity contribution >= 4 is 24.0 Å². The van der Waals surface area contributed by atoms with Crippen LogP contribution in [0.5, 0.6) is 0 Å². The fraction of sp³-hybridized carbons (Fsp3) is 0.511. The molecule has 17 heteroatoms. The molecule has 4 amide bonds. The number of likely N-dealkylation sites (tertiary alicyclic amines) is 2. The van der Waals surface area contributed by atoms with E-state index in [1.165, 1.54) is 14.2 Å². The van der Waals surface area contributed by atoms with Crippen molar-refractivity contribution < 1.29 is 38.1 Å². The van der Waals surface area contributed by atoms with Crippen LogP contribution in [-0.4, -0.2) is 119 Å². The van der Waals surface area contributed by atoms with Gasteiger partial charge in [-0.15, -0.1) is 0 Å². The molecule has 2 aromatic heterocycles. The summed E-state index contributed by atoms with van der Waals surface area (Å²) >= 11 is 0. The Kier molecular flexibility index (Phi) is 11.3. The Balaban J connectivity index is 0.828. The van der Waals surface area contributed by atoms with E-state index in [9.17, 15) is 24.4 Å². The molecule has 2 saturated carbocycles. The SMILES string of the molecule is COC(=O)N[C@H](C(=O)N1[C@@H]2CC2C[C@H]1c1ncc(-c2ccc(-c3ccc(-c4[nH]c([C@@H]5C[C@H]6C[C@H]6N5C(=O)[C@@H](NC(=O)OC)C5CCOCC5)nc4C#N)cc3)cc2)[nH]1)C1CCOCC1. The van der Waals surface area contributed by atoms with Gasteiger partial charge >= 0.3 is 12.2 Å². The van der Waals surface area contributed by atoms with Crippen LogP contribution in [0.15, 0.2) is 54.7 Å². The van der Waals surface area contributed by atoms with E-state index in [0.29, 0.717) is 75.5 Å². The number of nitrogens with zero attached hydrogens (tertiary/aromatic N) is 5. The number of H-pyrrole nitrogens is 2. The number of carbonyl (C=O) groups excluding carboxylic acids is 4. The molecule has 0 spiro atoms. The quantitative estimate of drug-likeness (QED) is 0.145. The molecule has 10 rings (SSSR count). The van der Waals surface area contributed by atoms with Crippen LogP contribution < -0.4 is 10.6 Å². The Bertz CT molecular complexity index is 2430. The van der Waals surface area contributed by atoms with Gasteiger partial charge in [0.2, 0.25) is 11.8 Å². The predicted molar refractivity (Wildman–Crippen MR) is 230 cm³/mol. The van der Waals surface area contributed by atoms with E-state index >= 15 is 0 Å². The van der Waals surface area contributed by atoms with Gasteiger partial charge in [0.05, 0.1) is 43.9 Å². The number of benzene rings is 2. The maximum absolute atomic E-state index is 14.3. The number of aromatic amines is 2. The van der Waals surface area contributed by atoms with E-state index in [-0.39, 0.29) is 53.5 Å². The molecular formula is C47H53N9O8. The van der Waals surface area contributed by atoms with Crippen molar-refractivity contribution in [2.75, 3.05) is 40.6 Å². The van der Waals surface area contributed by atoms with Crippen LogP contribution in [0.1, 0.15) is 80.8 Å². The van der Waals surface area contributed by atoms with Crippen LogP contribution in [0.3, 0.4) is 0 Å². The number of amides is 4. The number of methoxy groups -OCH3 is 2. The minimum Gasteiger partial charge on any atom is -0.453 e. The van der Waals surface area contributed by atoms with Gasteiger partial charge in [0, 0.05) is 44.1 Å². The zero-order chi connectivity index (χ0) is 44.1. The van der Waals surface area contributed by atoms with E-state index in [2.05, 4.69) is 38.8 Å². The lowest BCUT2D eigenvalue weighted by Gasteiger charge is -2.35. The highest BCUT2D eigenvalue weighted by molar-refractivity contribution is 5.88. The molecule has 4 saturated heterocycles. The van der Waals surface area contributed by atoms with Crippen LogP contribution in [0.25, 0.3) is 33.6 Å². The standard InChI is InChI=1S/C47H53N9O8/c1-61-46(59)53-40(29-11-15-63-16-12-29)44(57)55-35-19-31(35)21-37(55)42-49-24-34(51-42)27-7-3-25(4-8-27)26-5-9-28(10-6-26)39-33(23-48)50-43(52-39)38-22-32-20-36(32)56(38)45(58)41(54-47(60)62-2)30-13-17-64-18-14-30/h3-10,24,29-32,35-38,40-41H,11-22H2,1-2H3,(H,49,51)(H,50,52)(H,53,59)(H,54,60)/t31?,32-,35-,36-,37+,38+,40+,41+/m1/s1. The van der Waals surface area contributed by atoms with Gasteiger partial charge in [-0.2, -0.15) is 5.26 Å². The van der Waals surface area contributed by atoms with Gasteiger partial charge in [0.25, 0.3) is 0 Å². The number of hydrogen-bond donors (Lipinski definition) is 4. The van der Waals surface area contributed by atoms with E-state index in [0.717, 1.165) is 59.5 Å². The molecule has 2 aliphatic carbocycles. The molecule has 0 radical (unpaired) electrons. The number of fused-ring (bicyclic) bond motifs is 2. The third-order valence-corrected chi connectivity index (χ3v) is 14.4. The summed E-state index contributed by atoms with van der Waals surface area (Å²) in [5, 5.41) is 15.9.